The van der Waals surface area contributed by atoms with Gasteiger partial charge in [-0.3, -0.25) is 9.79 Å². The van der Waals surface area contributed by atoms with Crippen LogP contribution in [-0.2, 0) is 0 Å². The Morgan fingerprint density at radius 1 is 1.39 bits per heavy atom. The third kappa shape index (κ3) is 2.00. The molecule has 4 N–H and O–H groups in total. The third-order valence-corrected chi connectivity index (χ3v) is 2.97. The molecule has 5 heteroatoms. The maximum atomic E-state index is 12.4. The van der Waals surface area contributed by atoms with Gasteiger partial charge in [-0.05, 0) is 30.3 Å². The summed E-state index contributed by atoms with van der Waals surface area (Å²) in [5.41, 5.74) is 11.4. The number of ether oxygens (including phenoxy) is 1. The number of carbonyl (C=O) groups excluding carboxylic acids is 1. The number of nitrogens with zero attached hydrogens (tertiary/aromatic N) is 1. The zero-order chi connectivity index (χ0) is 13.2. The first-order valence-corrected chi connectivity index (χ1v) is 5.52. The molecule has 0 saturated heterocycles. The van der Waals surface area contributed by atoms with E-state index in [1.807, 2.05) is 0 Å². The summed E-state index contributed by atoms with van der Waals surface area (Å²) in [6.45, 7) is 0.167. The van der Waals surface area contributed by atoms with Gasteiger partial charge in [0.25, 0.3) is 0 Å². The molecule has 0 radical (unpaired) electrons. The Morgan fingerprint density at radius 2 is 2.06 bits per heavy atom. The smallest absolute Gasteiger partial charge is 0.190 e. The minimum Gasteiger partial charge on any atom is -0.497 e. The van der Waals surface area contributed by atoms with E-state index in [4.69, 9.17) is 16.2 Å². The number of aliphatic imine (C=N–C) groups is 1. The number of dihydropyridines is 1. The van der Waals surface area contributed by atoms with Gasteiger partial charge in [-0.15, -0.1) is 0 Å². The van der Waals surface area contributed by atoms with Gasteiger partial charge in [0.05, 0.1) is 13.7 Å². The lowest BCUT2D eigenvalue weighted by Gasteiger charge is -2.28. The van der Waals surface area contributed by atoms with Crippen LogP contribution in [0.4, 0.5) is 0 Å². The number of allylic oxidation sites excluding steroid dienone is 1. The average molecular weight is 245 g/mol. The molecule has 1 unspecified atom stereocenters. The fraction of sp³-hybridized carbons (Fsp3) is 0.231. The second kappa shape index (κ2) is 4.62. The summed E-state index contributed by atoms with van der Waals surface area (Å²) >= 11 is 0. The molecule has 2 rings (SSSR count). The van der Waals surface area contributed by atoms with Crippen LogP contribution < -0.4 is 16.2 Å². The van der Waals surface area contributed by atoms with Crippen molar-refractivity contribution >= 4 is 12.0 Å². The van der Waals surface area contributed by atoms with Crippen molar-refractivity contribution in [1.82, 2.24) is 0 Å². The van der Waals surface area contributed by atoms with Gasteiger partial charge < -0.3 is 16.2 Å². The Labute approximate surface area is 105 Å². The van der Waals surface area contributed by atoms with Crippen LogP contribution >= 0.6 is 0 Å². The second-order valence-corrected chi connectivity index (χ2v) is 4.14. The lowest BCUT2D eigenvalue weighted by molar-refractivity contribution is 0.0917. The van der Waals surface area contributed by atoms with Gasteiger partial charge in [0.15, 0.2) is 5.78 Å². The number of rotatable bonds is 3. The lowest BCUT2D eigenvalue weighted by atomic mass is 9.86. The summed E-state index contributed by atoms with van der Waals surface area (Å²) in [6, 6.07) is 6.76. The molecule has 1 aromatic rings. The highest BCUT2D eigenvalue weighted by Crippen LogP contribution is 2.21. The van der Waals surface area contributed by atoms with E-state index in [0.29, 0.717) is 17.0 Å². The van der Waals surface area contributed by atoms with Crippen molar-refractivity contribution < 1.29 is 9.53 Å². The fourth-order valence-corrected chi connectivity index (χ4v) is 1.77. The molecule has 5 nitrogen and oxygen atoms in total. The van der Waals surface area contributed by atoms with E-state index in [-0.39, 0.29) is 12.3 Å². The van der Waals surface area contributed by atoms with Crippen LogP contribution in [0.2, 0.25) is 0 Å². The Balaban J connectivity index is 2.30. The summed E-state index contributed by atoms with van der Waals surface area (Å²) in [4.78, 5) is 16.4. The van der Waals surface area contributed by atoms with Gasteiger partial charge in [0.1, 0.15) is 11.3 Å². The van der Waals surface area contributed by atoms with Gasteiger partial charge >= 0.3 is 0 Å². The minimum atomic E-state index is -1.25. The number of methoxy groups -OCH3 is 1. The highest BCUT2D eigenvalue weighted by molar-refractivity contribution is 6.06. The van der Waals surface area contributed by atoms with Crippen molar-refractivity contribution in [1.29, 1.82) is 0 Å². The van der Waals surface area contributed by atoms with Crippen molar-refractivity contribution in [2.45, 2.75) is 5.54 Å². The molecule has 18 heavy (non-hydrogen) atoms. The van der Waals surface area contributed by atoms with Crippen LogP contribution in [0, 0.1) is 0 Å². The van der Waals surface area contributed by atoms with E-state index < -0.39 is 5.54 Å². The molecule has 0 fully saturated rings. The van der Waals surface area contributed by atoms with E-state index in [1.165, 1.54) is 0 Å². The van der Waals surface area contributed by atoms with Crippen LogP contribution in [0.25, 0.3) is 0 Å². The normalized spacial score (nSPS) is 22.4. The van der Waals surface area contributed by atoms with Crippen LogP contribution in [0.15, 0.2) is 41.0 Å². The SMILES string of the molecule is COc1ccc(C(=O)C2(N)CN=CC=C2N)cc1. The number of hydrogen-bond acceptors (Lipinski definition) is 5. The zero-order valence-corrected chi connectivity index (χ0v) is 10.1. The summed E-state index contributed by atoms with van der Waals surface area (Å²) in [7, 11) is 1.57. The summed E-state index contributed by atoms with van der Waals surface area (Å²) in [5.74, 6) is 0.443. The molecule has 1 aliphatic heterocycles. The lowest BCUT2D eigenvalue weighted by Crippen LogP contribution is -2.55. The Bertz CT molecular complexity index is 520. The van der Waals surface area contributed by atoms with Gasteiger partial charge in [-0.1, -0.05) is 0 Å². The first-order chi connectivity index (χ1) is 8.58. The molecular formula is C13H15N3O2. The predicted octanol–water partition coefficient (Wildman–Crippen LogP) is 0.502. The summed E-state index contributed by atoms with van der Waals surface area (Å²) in [6.07, 6.45) is 3.12. The number of carbonyl (C=O) groups is 1. The van der Waals surface area contributed by atoms with Crippen LogP contribution in [0.5, 0.6) is 5.75 Å². The molecule has 0 aliphatic carbocycles. The quantitative estimate of drug-likeness (QED) is 0.759. The molecule has 1 aliphatic rings. The first kappa shape index (κ1) is 12.3. The first-order valence-electron chi connectivity index (χ1n) is 5.52. The number of ketones is 1. The molecule has 1 atom stereocenters. The van der Waals surface area contributed by atoms with E-state index in [0.717, 1.165) is 0 Å². The van der Waals surface area contributed by atoms with Crippen molar-refractivity contribution in [2.24, 2.45) is 16.5 Å². The topological polar surface area (TPSA) is 90.7 Å². The Hall–Kier alpha value is -2.14. The van der Waals surface area contributed by atoms with Crippen LogP contribution in [0.3, 0.4) is 0 Å². The predicted molar refractivity (Wildman–Crippen MR) is 69.9 cm³/mol. The Kier molecular flexibility index (Phi) is 3.16. The minimum absolute atomic E-state index is 0.167. The molecule has 1 aromatic carbocycles. The maximum Gasteiger partial charge on any atom is 0.190 e. The molecule has 94 valence electrons. The van der Waals surface area contributed by atoms with E-state index in [2.05, 4.69) is 4.99 Å². The number of nitrogens with two attached hydrogens (primary N) is 2. The molecule has 0 bridgehead atoms. The highest BCUT2D eigenvalue weighted by Gasteiger charge is 2.38. The largest absolute Gasteiger partial charge is 0.497 e. The van der Waals surface area contributed by atoms with E-state index >= 15 is 0 Å². The summed E-state index contributed by atoms with van der Waals surface area (Å²) < 4.78 is 5.04. The van der Waals surface area contributed by atoms with Crippen LogP contribution in [-0.4, -0.2) is 31.2 Å². The van der Waals surface area contributed by atoms with Gasteiger partial charge in [0.2, 0.25) is 0 Å². The molecule has 0 spiro atoms. The van der Waals surface area contributed by atoms with Gasteiger partial charge in [-0.2, -0.15) is 0 Å². The standard InChI is InChI=1S/C13H15N3O2/c1-18-10-4-2-9(3-5-10)12(17)13(15)8-16-7-6-11(13)14/h2-7H,8,14-15H2,1H3. The van der Waals surface area contributed by atoms with E-state index in [9.17, 15) is 4.79 Å². The molecule has 0 saturated carbocycles. The Morgan fingerprint density at radius 3 is 2.61 bits per heavy atom. The molecule has 0 aromatic heterocycles. The molecular weight excluding hydrogens is 230 g/mol. The van der Waals surface area contributed by atoms with E-state index in [1.54, 1.807) is 43.7 Å². The maximum absolute atomic E-state index is 12.4. The average Bonchev–Trinajstić information content (AvgIpc) is 2.41. The summed E-state index contributed by atoms with van der Waals surface area (Å²) in [5, 5.41) is 0. The van der Waals surface area contributed by atoms with Crippen molar-refractivity contribution in [3.8, 4) is 5.75 Å². The van der Waals surface area contributed by atoms with Gasteiger partial charge in [0, 0.05) is 17.5 Å². The highest BCUT2D eigenvalue weighted by atomic mass is 16.5. The fourth-order valence-electron chi connectivity index (χ4n) is 1.77. The molecule has 0 amide bonds. The third-order valence-electron chi connectivity index (χ3n) is 2.97. The molecule has 1 heterocycles. The number of benzene rings is 1. The second-order valence-electron chi connectivity index (χ2n) is 4.14. The monoisotopic (exact) mass is 245 g/mol. The van der Waals surface area contributed by atoms with Crippen molar-refractivity contribution in [3.05, 3.63) is 41.6 Å². The van der Waals surface area contributed by atoms with Crippen molar-refractivity contribution in [3.63, 3.8) is 0 Å². The van der Waals surface area contributed by atoms with Crippen LogP contribution in [0.1, 0.15) is 10.4 Å². The number of hydrogen-bond donors (Lipinski definition) is 2. The van der Waals surface area contributed by atoms with Crippen molar-refractivity contribution in [2.75, 3.05) is 13.7 Å². The zero-order valence-electron chi connectivity index (χ0n) is 10.1. The van der Waals surface area contributed by atoms with Gasteiger partial charge in [-0.25, -0.2) is 0 Å². The number of Topliss-reactive ketones (excluding diaryl/α,β-unsaturated/α-hetero) is 1.